The summed E-state index contributed by atoms with van der Waals surface area (Å²) in [5.41, 5.74) is 5.17. The lowest BCUT2D eigenvalue weighted by Crippen LogP contribution is -2.34. The Morgan fingerprint density at radius 2 is 2.07 bits per heavy atom. The molecule has 0 aliphatic carbocycles. The summed E-state index contributed by atoms with van der Waals surface area (Å²) in [6.07, 6.45) is 2.13. The summed E-state index contributed by atoms with van der Waals surface area (Å²) in [6.45, 7) is 3.24. The smallest absolute Gasteiger partial charge is 0.255 e. The van der Waals surface area contributed by atoms with Crippen molar-refractivity contribution in [1.82, 2.24) is 9.88 Å². The lowest BCUT2D eigenvalue weighted by atomic mass is 10.1. The summed E-state index contributed by atoms with van der Waals surface area (Å²) in [6, 6.07) is 10.8. The molecule has 2 heterocycles. The average Bonchev–Trinajstić information content (AvgIpc) is 3.40. The van der Waals surface area contributed by atoms with E-state index in [1.54, 1.807) is 41.7 Å². The first-order valence-corrected chi connectivity index (χ1v) is 10.5. The predicted molar refractivity (Wildman–Crippen MR) is 115 cm³/mol. The number of thiazole rings is 1. The fraction of sp³-hybridized carbons (Fsp3) is 0.318. The molecule has 1 N–H and O–H groups in total. The number of hydrogen-bond acceptors (Lipinski definition) is 5. The minimum absolute atomic E-state index is 0.0834. The van der Waals surface area contributed by atoms with Gasteiger partial charge in [-0.2, -0.15) is 0 Å². The summed E-state index contributed by atoms with van der Waals surface area (Å²) < 4.78 is 6.66. The molecule has 1 aliphatic rings. The van der Waals surface area contributed by atoms with Crippen molar-refractivity contribution < 1.29 is 14.3 Å². The highest BCUT2D eigenvalue weighted by atomic mass is 32.1. The first-order chi connectivity index (χ1) is 14.0. The number of likely N-dealkylation sites (N-methyl/N-ethyl adjacent to an activating group) is 1. The molecule has 29 heavy (non-hydrogen) atoms. The van der Waals surface area contributed by atoms with Gasteiger partial charge < -0.3 is 15.0 Å². The zero-order valence-corrected chi connectivity index (χ0v) is 17.3. The van der Waals surface area contributed by atoms with Crippen LogP contribution in [0.15, 0.2) is 41.9 Å². The third kappa shape index (κ3) is 4.31. The first-order valence-electron chi connectivity index (χ1n) is 9.63. The van der Waals surface area contributed by atoms with E-state index < -0.39 is 0 Å². The highest BCUT2D eigenvalue weighted by molar-refractivity contribution is 7.16. The Hall–Kier alpha value is -2.77. The standard InChI is InChI=1S/C22H23N3O3S/c1-14-5-6-16(22(27)25(2)12-17-4-3-9-28-17)11-18(14)24-21(26)15-7-8-20-19(10-15)23-13-29-20/h5-8,10-11,13,17H,3-4,9,12H2,1-2H3,(H,24,26). The number of nitrogens with one attached hydrogen (secondary N) is 1. The Morgan fingerprint density at radius 1 is 1.24 bits per heavy atom. The van der Waals surface area contributed by atoms with Crippen molar-refractivity contribution >= 4 is 39.1 Å². The topological polar surface area (TPSA) is 71.5 Å². The van der Waals surface area contributed by atoms with Crippen molar-refractivity contribution in [1.29, 1.82) is 0 Å². The van der Waals surface area contributed by atoms with E-state index in [0.29, 0.717) is 23.4 Å². The SMILES string of the molecule is Cc1ccc(C(=O)N(C)CC2CCCO2)cc1NC(=O)c1ccc2scnc2c1. The minimum Gasteiger partial charge on any atom is -0.376 e. The van der Waals surface area contributed by atoms with Crippen LogP contribution < -0.4 is 5.32 Å². The molecular weight excluding hydrogens is 386 g/mol. The Morgan fingerprint density at radius 3 is 2.86 bits per heavy atom. The Balaban J connectivity index is 1.49. The molecule has 4 rings (SSSR count). The number of ether oxygens (including phenoxy) is 1. The van der Waals surface area contributed by atoms with Gasteiger partial charge in [-0.25, -0.2) is 4.98 Å². The minimum atomic E-state index is -0.222. The monoisotopic (exact) mass is 409 g/mol. The van der Waals surface area contributed by atoms with E-state index >= 15 is 0 Å². The van der Waals surface area contributed by atoms with Crippen LogP contribution in [0, 0.1) is 6.92 Å². The number of anilines is 1. The van der Waals surface area contributed by atoms with E-state index in [2.05, 4.69) is 10.3 Å². The average molecular weight is 410 g/mol. The summed E-state index contributed by atoms with van der Waals surface area (Å²) >= 11 is 1.54. The second-order valence-electron chi connectivity index (χ2n) is 7.34. The van der Waals surface area contributed by atoms with Gasteiger partial charge in [-0.15, -0.1) is 11.3 Å². The zero-order valence-electron chi connectivity index (χ0n) is 16.5. The molecule has 150 valence electrons. The highest BCUT2D eigenvalue weighted by Crippen LogP contribution is 2.22. The van der Waals surface area contributed by atoms with E-state index in [1.807, 2.05) is 19.1 Å². The van der Waals surface area contributed by atoms with E-state index in [-0.39, 0.29) is 17.9 Å². The predicted octanol–water partition coefficient (Wildman–Crippen LogP) is 4.11. The van der Waals surface area contributed by atoms with Crippen molar-refractivity contribution in [2.24, 2.45) is 0 Å². The number of fused-ring (bicyclic) bond motifs is 1. The Kier molecular flexibility index (Phi) is 5.60. The van der Waals surface area contributed by atoms with Crippen LogP contribution in [0.2, 0.25) is 0 Å². The van der Waals surface area contributed by atoms with E-state index in [0.717, 1.165) is 35.2 Å². The maximum Gasteiger partial charge on any atom is 0.255 e. The van der Waals surface area contributed by atoms with Gasteiger partial charge in [0.15, 0.2) is 0 Å². The molecule has 1 saturated heterocycles. The Bertz CT molecular complexity index is 1060. The maximum atomic E-state index is 12.8. The van der Waals surface area contributed by atoms with E-state index in [4.69, 9.17) is 4.74 Å². The largest absolute Gasteiger partial charge is 0.376 e. The molecule has 0 bridgehead atoms. The summed E-state index contributed by atoms with van der Waals surface area (Å²) in [5, 5.41) is 2.93. The number of hydrogen-bond donors (Lipinski definition) is 1. The number of nitrogens with zero attached hydrogens (tertiary/aromatic N) is 2. The second-order valence-corrected chi connectivity index (χ2v) is 8.23. The molecule has 7 heteroatoms. The highest BCUT2D eigenvalue weighted by Gasteiger charge is 2.21. The first kappa shape index (κ1) is 19.5. The van der Waals surface area contributed by atoms with Crippen LogP contribution in [0.4, 0.5) is 5.69 Å². The maximum absolute atomic E-state index is 12.8. The van der Waals surface area contributed by atoms with Crippen LogP contribution in [-0.4, -0.2) is 48.0 Å². The fourth-order valence-electron chi connectivity index (χ4n) is 3.48. The molecule has 0 spiro atoms. The lowest BCUT2D eigenvalue weighted by Gasteiger charge is -2.21. The molecule has 1 unspecified atom stereocenters. The molecule has 0 radical (unpaired) electrons. The number of amides is 2. The number of rotatable bonds is 5. The van der Waals surface area contributed by atoms with Gasteiger partial charge in [0, 0.05) is 37.0 Å². The summed E-state index contributed by atoms with van der Waals surface area (Å²) in [7, 11) is 1.78. The quantitative estimate of drug-likeness (QED) is 0.688. The molecule has 6 nitrogen and oxygen atoms in total. The van der Waals surface area contributed by atoms with Gasteiger partial charge >= 0.3 is 0 Å². The molecule has 1 atom stereocenters. The summed E-state index contributed by atoms with van der Waals surface area (Å²) in [5.74, 6) is -0.305. The number of carbonyl (C=O) groups excluding carboxylic acids is 2. The number of aryl methyl sites for hydroxylation is 1. The van der Waals surface area contributed by atoms with E-state index in [9.17, 15) is 9.59 Å². The van der Waals surface area contributed by atoms with Crippen molar-refractivity contribution in [3.8, 4) is 0 Å². The fourth-order valence-corrected chi connectivity index (χ4v) is 4.14. The molecule has 3 aromatic rings. The molecule has 1 aliphatic heterocycles. The van der Waals surface area contributed by atoms with Crippen LogP contribution in [0.25, 0.3) is 10.2 Å². The number of benzene rings is 2. The van der Waals surface area contributed by atoms with Gasteiger partial charge in [-0.1, -0.05) is 6.07 Å². The van der Waals surface area contributed by atoms with Crippen LogP contribution in [0.5, 0.6) is 0 Å². The van der Waals surface area contributed by atoms with Gasteiger partial charge in [0.1, 0.15) is 0 Å². The van der Waals surface area contributed by atoms with Gasteiger partial charge in [0.05, 0.1) is 21.8 Å². The molecule has 1 fully saturated rings. The third-order valence-corrected chi connectivity index (χ3v) is 5.98. The van der Waals surface area contributed by atoms with Crippen molar-refractivity contribution in [3.63, 3.8) is 0 Å². The summed E-state index contributed by atoms with van der Waals surface area (Å²) in [4.78, 5) is 31.5. The Labute approximate surface area is 173 Å². The normalized spacial score (nSPS) is 16.1. The van der Waals surface area contributed by atoms with Crippen molar-refractivity contribution in [2.75, 3.05) is 25.5 Å². The molecule has 2 aromatic carbocycles. The van der Waals surface area contributed by atoms with Crippen molar-refractivity contribution in [3.05, 3.63) is 58.6 Å². The number of carbonyl (C=O) groups is 2. The van der Waals surface area contributed by atoms with Crippen molar-refractivity contribution in [2.45, 2.75) is 25.9 Å². The number of aromatic nitrogens is 1. The molecule has 1 aromatic heterocycles. The van der Waals surface area contributed by atoms with Crippen LogP contribution in [0.3, 0.4) is 0 Å². The van der Waals surface area contributed by atoms with Gasteiger partial charge in [0.2, 0.25) is 0 Å². The van der Waals surface area contributed by atoms with Gasteiger partial charge in [-0.05, 0) is 55.7 Å². The zero-order chi connectivity index (χ0) is 20.4. The van der Waals surface area contributed by atoms with Gasteiger partial charge in [-0.3, -0.25) is 9.59 Å². The molecular formula is C22H23N3O3S. The third-order valence-electron chi connectivity index (χ3n) is 5.17. The van der Waals surface area contributed by atoms with E-state index in [1.165, 1.54) is 11.3 Å². The molecule has 0 saturated carbocycles. The molecule has 2 amide bonds. The lowest BCUT2D eigenvalue weighted by molar-refractivity contribution is 0.0587. The van der Waals surface area contributed by atoms with Crippen LogP contribution >= 0.6 is 11.3 Å². The van der Waals surface area contributed by atoms with Crippen LogP contribution in [0.1, 0.15) is 39.1 Å². The van der Waals surface area contributed by atoms with Gasteiger partial charge in [0.25, 0.3) is 11.8 Å². The van der Waals surface area contributed by atoms with Crippen LogP contribution in [-0.2, 0) is 4.74 Å². The second kappa shape index (κ2) is 8.31.